The number of amidine groups is 1. The molecule has 1 aromatic rings. The first-order chi connectivity index (χ1) is 9.74. The molecule has 2 rings (SSSR count). The van der Waals surface area contributed by atoms with Gasteiger partial charge < -0.3 is 16.3 Å². The molecule has 1 aliphatic rings. The normalized spacial score (nSPS) is 23.8. The molecular formula is C15H24N4O. The zero-order valence-electron chi connectivity index (χ0n) is 12.0. The Hall–Kier alpha value is -1.62. The van der Waals surface area contributed by atoms with Crippen molar-refractivity contribution in [3.8, 4) is 0 Å². The molecule has 0 spiro atoms. The minimum atomic E-state index is 0.0671. The molecule has 1 aliphatic carbocycles. The number of nitrogens with one attached hydrogen (secondary N) is 1. The summed E-state index contributed by atoms with van der Waals surface area (Å²) in [6, 6.07) is 4.41. The fourth-order valence-corrected chi connectivity index (χ4v) is 2.96. The maximum absolute atomic E-state index is 8.80. The van der Waals surface area contributed by atoms with Gasteiger partial charge in [0, 0.05) is 18.8 Å². The molecule has 0 aromatic carbocycles. The molecule has 20 heavy (non-hydrogen) atoms. The molecule has 0 radical (unpaired) electrons. The fourth-order valence-electron chi connectivity index (χ4n) is 2.96. The van der Waals surface area contributed by atoms with E-state index < -0.39 is 0 Å². The van der Waals surface area contributed by atoms with Crippen molar-refractivity contribution in [2.75, 3.05) is 0 Å². The van der Waals surface area contributed by atoms with Crippen molar-refractivity contribution in [3.63, 3.8) is 0 Å². The lowest BCUT2D eigenvalue weighted by molar-refractivity contribution is 0.278. The summed E-state index contributed by atoms with van der Waals surface area (Å²) in [7, 11) is 0. The van der Waals surface area contributed by atoms with Gasteiger partial charge in [-0.25, -0.2) is 0 Å². The Kier molecular flexibility index (Phi) is 5.35. The highest BCUT2D eigenvalue weighted by Crippen LogP contribution is 2.26. The molecular weight excluding hydrogens is 252 g/mol. The fraction of sp³-hybridized carbons (Fsp3) is 0.600. The van der Waals surface area contributed by atoms with Crippen LogP contribution >= 0.6 is 0 Å². The molecule has 1 fully saturated rings. The van der Waals surface area contributed by atoms with Crippen molar-refractivity contribution in [2.24, 2.45) is 16.8 Å². The zero-order chi connectivity index (χ0) is 14.4. The molecule has 2 atom stereocenters. The van der Waals surface area contributed by atoms with Crippen LogP contribution in [0.25, 0.3) is 0 Å². The minimum absolute atomic E-state index is 0.0671. The van der Waals surface area contributed by atoms with E-state index in [4.69, 9.17) is 10.9 Å². The van der Waals surface area contributed by atoms with Crippen LogP contribution in [0.5, 0.6) is 0 Å². The maximum atomic E-state index is 8.80. The predicted octanol–water partition coefficient (Wildman–Crippen LogP) is 2.23. The summed E-state index contributed by atoms with van der Waals surface area (Å²) in [4.78, 5) is 4.19. The van der Waals surface area contributed by atoms with E-state index in [0.29, 0.717) is 18.3 Å². The smallest absolute Gasteiger partial charge is 0.189 e. The number of nitrogens with zero attached hydrogens (tertiary/aromatic N) is 2. The van der Waals surface area contributed by atoms with Gasteiger partial charge in [0.1, 0.15) is 5.69 Å². The van der Waals surface area contributed by atoms with E-state index in [2.05, 4.69) is 22.4 Å². The summed E-state index contributed by atoms with van der Waals surface area (Å²) in [5, 5.41) is 15.4. The lowest BCUT2D eigenvalue weighted by Gasteiger charge is -2.29. The molecule has 0 amide bonds. The van der Waals surface area contributed by atoms with Crippen molar-refractivity contribution in [3.05, 3.63) is 29.6 Å². The van der Waals surface area contributed by atoms with Gasteiger partial charge in [0.05, 0.1) is 0 Å². The van der Waals surface area contributed by atoms with Gasteiger partial charge in [-0.3, -0.25) is 4.98 Å². The lowest BCUT2D eigenvalue weighted by atomic mass is 9.84. The van der Waals surface area contributed by atoms with E-state index in [1.54, 1.807) is 6.20 Å². The maximum Gasteiger partial charge on any atom is 0.189 e. The highest BCUT2D eigenvalue weighted by atomic mass is 16.4. The van der Waals surface area contributed by atoms with Gasteiger partial charge in [-0.2, -0.15) is 0 Å². The van der Waals surface area contributed by atoms with Crippen molar-refractivity contribution in [2.45, 2.75) is 51.6 Å². The van der Waals surface area contributed by atoms with Gasteiger partial charge >= 0.3 is 0 Å². The molecule has 0 bridgehead atoms. The van der Waals surface area contributed by atoms with E-state index in [0.717, 1.165) is 11.5 Å². The summed E-state index contributed by atoms with van der Waals surface area (Å²) in [6.45, 7) is 2.98. The predicted molar refractivity (Wildman–Crippen MR) is 79.6 cm³/mol. The lowest BCUT2D eigenvalue weighted by Crippen LogP contribution is -2.34. The van der Waals surface area contributed by atoms with Crippen molar-refractivity contribution in [1.29, 1.82) is 0 Å². The second kappa shape index (κ2) is 7.24. The number of aromatic nitrogens is 1. The summed E-state index contributed by atoms with van der Waals surface area (Å²) >= 11 is 0. The highest BCUT2D eigenvalue weighted by molar-refractivity contribution is 5.96. The summed E-state index contributed by atoms with van der Waals surface area (Å²) < 4.78 is 0. The first kappa shape index (κ1) is 14.8. The van der Waals surface area contributed by atoms with Crippen LogP contribution in [0.1, 0.15) is 50.3 Å². The summed E-state index contributed by atoms with van der Waals surface area (Å²) in [5.74, 6) is 0.913. The Balaban J connectivity index is 1.97. The van der Waals surface area contributed by atoms with Crippen LogP contribution in [0.4, 0.5) is 0 Å². The number of hydrogen-bond acceptors (Lipinski definition) is 4. The van der Waals surface area contributed by atoms with Gasteiger partial charge in [0.2, 0.25) is 0 Å². The van der Waals surface area contributed by atoms with Gasteiger partial charge in [0.25, 0.3) is 0 Å². The highest BCUT2D eigenvalue weighted by Gasteiger charge is 2.20. The molecule has 5 nitrogen and oxygen atoms in total. The van der Waals surface area contributed by atoms with E-state index in [1.165, 1.54) is 32.1 Å². The van der Waals surface area contributed by atoms with Gasteiger partial charge in [0.15, 0.2) is 5.84 Å². The van der Waals surface area contributed by atoms with Crippen LogP contribution in [0.3, 0.4) is 0 Å². The first-order valence-corrected chi connectivity index (χ1v) is 7.39. The molecule has 0 saturated heterocycles. The zero-order valence-corrected chi connectivity index (χ0v) is 12.0. The SMILES string of the molecule is CCC1CCCC(NCc2cccnc2C(N)=NO)C1. The third-order valence-corrected chi connectivity index (χ3v) is 4.18. The molecule has 0 aliphatic heterocycles. The van der Waals surface area contributed by atoms with Crippen LogP contribution in [0.15, 0.2) is 23.5 Å². The van der Waals surface area contributed by atoms with Gasteiger partial charge in [-0.15, -0.1) is 0 Å². The van der Waals surface area contributed by atoms with Crippen LogP contribution in [0, 0.1) is 5.92 Å². The van der Waals surface area contributed by atoms with Crippen LogP contribution < -0.4 is 11.1 Å². The van der Waals surface area contributed by atoms with Crippen LogP contribution in [0.2, 0.25) is 0 Å². The van der Waals surface area contributed by atoms with E-state index in [9.17, 15) is 0 Å². The van der Waals surface area contributed by atoms with E-state index in [-0.39, 0.29) is 5.84 Å². The number of nitrogens with two attached hydrogens (primary N) is 1. The van der Waals surface area contributed by atoms with Crippen molar-refractivity contribution < 1.29 is 5.21 Å². The van der Waals surface area contributed by atoms with Crippen molar-refractivity contribution >= 4 is 5.84 Å². The second-order valence-corrected chi connectivity index (χ2v) is 5.52. The van der Waals surface area contributed by atoms with Gasteiger partial charge in [-0.05, 0) is 30.4 Å². The summed E-state index contributed by atoms with van der Waals surface area (Å²) in [6.07, 6.45) is 8.06. The Morgan fingerprint density at radius 1 is 1.55 bits per heavy atom. The third kappa shape index (κ3) is 3.70. The molecule has 1 saturated carbocycles. The second-order valence-electron chi connectivity index (χ2n) is 5.52. The molecule has 1 heterocycles. The number of pyridine rings is 1. The van der Waals surface area contributed by atoms with E-state index >= 15 is 0 Å². The Morgan fingerprint density at radius 3 is 3.15 bits per heavy atom. The largest absolute Gasteiger partial charge is 0.409 e. The van der Waals surface area contributed by atoms with Crippen LogP contribution in [-0.2, 0) is 6.54 Å². The average Bonchev–Trinajstić information content (AvgIpc) is 2.52. The Labute approximate surface area is 120 Å². The molecule has 2 unspecified atom stereocenters. The number of rotatable bonds is 5. The quantitative estimate of drug-likeness (QED) is 0.333. The standard InChI is InChI=1S/C15H24N4O/c1-2-11-5-3-7-13(9-11)18-10-12-6-4-8-17-14(12)15(16)19-20/h4,6,8,11,13,18,20H,2-3,5,7,9-10H2,1H3,(H2,16,19). The molecule has 5 heteroatoms. The Bertz CT molecular complexity index is 461. The first-order valence-electron chi connectivity index (χ1n) is 7.39. The average molecular weight is 276 g/mol. The minimum Gasteiger partial charge on any atom is -0.409 e. The molecule has 4 N–H and O–H groups in total. The van der Waals surface area contributed by atoms with Crippen molar-refractivity contribution in [1.82, 2.24) is 10.3 Å². The molecule has 110 valence electrons. The summed E-state index contributed by atoms with van der Waals surface area (Å²) in [5.41, 5.74) is 7.19. The number of hydrogen-bond donors (Lipinski definition) is 3. The van der Waals surface area contributed by atoms with Gasteiger partial charge in [-0.1, -0.05) is 37.4 Å². The third-order valence-electron chi connectivity index (χ3n) is 4.18. The monoisotopic (exact) mass is 276 g/mol. The molecule has 1 aromatic heterocycles. The topological polar surface area (TPSA) is 83.5 Å². The van der Waals surface area contributed by atoms with E-state index in [1.807, 2.05) is 12.1 Å². The Morgan fingerprint density at radius 2 is 2.40 bits per heavy atom. The number of oxime groups is 1. The van der Waals surface area contributed by atoms with Crippen LogP contribution in [-0.4, -0.2) is 22.1 Å².